The lowest BCUT2D eigenvalue weighted by Gasteiger charge is -2.53. The number of carbonyl (C=O) groups is 3. The van der Waals surface area contributed by atoms with E-state index in [-0.39, 0.29) is 39.7 Å². The van der Waals surface area contributed by atoms with Gasteiger partial charge in [-0.3, -0.25) is 14.4 Å². The predicted molar refractivity (Wildman–Crippen MR) is 362 cm³/mol. The molecule has 0 radical (unpaired) electrons. The summed E-state index contributed by atoms with van der Waals surface area (Å²) in [7, 11) is 3.61. The number of hydrogen-bond acceptors (Lipinski definition) is 5. The number of allylic oxidation sites excluding steroid dienone is 15. The van der Waals surface area contributed by atoms with Crippen LogP contribution in [0.1, 0.15) is 287 Å². The van der Waals surface area contributed by atoms with Crippen molar-refractivity contribution in [3.63, 3.8) is 0 Å². The molecule has 7 heteroatoms. The fourth-order valence-corrected chi connectivity index (χ4v) is 19.8. The second kappa shape index (κ2) is 33.1. The van der Waals surface area contributed by atoms with Gasteiger partial charge in [-0.1, -0.05) is 131 Å². The topological polar surface area (TPSA) is 69.7 Å². The van der Waals surface area contributed by atoms with E-state index in [1.54, 1.807) is 29.4 Å². The lowest BCUT2D eigenvalue weighted by atomic mass is 9.52. The summed E-state index contributed by atoms with van der Waals surface area (Å²) < 4.78 is 10.8. The zero-order chi connectivity index (χ0) is 56.5. The van der Waals surface area contributed by atoms with E-state index >= 15 is 0 Å². The number of methoxy groups -OCH3 is 2. The largest absolute Gasteiger partial charge is 0.501 e. The van der Waals surface area contributed by atoms with E-state index in [4.69, 9.17) is 9.47 Å². The summed E-state index contributed by atoms with van der Waals surface area (Å²) >= 11 is 0. The second-order valence-corrected chi connectivity index (χ2v) is 28.6. The quantitative estimate of drug-likeness (QED) is 0.248. The summed E-state index contributed by atoms with van der Waals surface area (Å²) in [4.78, 5) is 33.9. The summed E-state index contributed by atoms with van der Waals surface area (Å²) in [5, 5.41) is 0. The van der Waals surface area contributed by atoms with Gasteiger partial charge in [0, 0.05) is 32.1 Å². The fourth-order valence-electron chi connectivity index (χ4n) is 19.8. The zero-order valence-electron chi connectivity index (χ0n) is 53.0. The van der Waals surface area contributed by atoms with E-state index in [1.165, 1.54) is 214 Å². The standard InChI is InChI=1S/C23H34O.C22H32O.C11H16O.2C10H14O.2CH4.2ClH/c1-4-5-6-17-8-12-22-21-10-7-16-15-18(24-3)9-11-19(16)20(21)13-14-23(17,22)2;1-3-4-5-16-7-11-21-20-9-6-15-14-17(23)8-10-18(15)19(20)12-13-22(16,21)2;1-12-11-7-6-9-4-2-3-5-10(9)8-11;2*11-10-6-5-8-3-1-2-4-9(8)7-10;;;;/h6,9,20-22H,4-5,7-8,10-15H2,1-3H3;5,14,18-21H,3-4,6-13H2,1-2H3;7H,2-6,8H2,1H3;2*7-8H,1-6H2;2*1H4;2*1H/b17-6-;16-5-;;;;;;;/t20?,21?,22?,23-;18-,19?,20?,21?,22+;;2*8-;;;;/m10.00..../s1. The van der Waals surface area contributed by atoms with Crippen molar-refractivity contribution in [1.82, 2.24) is 0 Å². The van der Waals surface area contributed by atoms with Gasteiger partial charge in [0.15, 0.2) is 17.3 Å². The Morgan fingerprint density at radius 3 is 1.53 bits per heavy atom. The minimum atomic E-state index is 0. The first-order chi connectivity index (χ1) is 39.4. The molecular weight excluding hydrogens is 1090 g/mol. The van der Waals surface area contributed by atoms with Crippen LogP contribution >= 0.6 is 24.8 Å². The van der Waals surface area contributed by atoms with Gasteiger partial charge >= 0.3 is 0 Å². The van der Waals surface area contributed by atoms with Crippen molar-refractivity contribution in [2.24, 2.45) is 64.1 Å². The molecule has 0 bridgehead atoms. The average Bonchev–Trinajstić information content (AvgIpc) is 2.00. The number of fused-ring (bicyclic) bond motifs is 11. The number of ketones is 3. The molecule has 7 saturated carbocycles. The first-order valence-corrected chi connectivity index (χ1v) is 34.4. The lowest BCUT2D eigenvalue weighted by Crippen LogP contribution is -2.45. The molecule has 0 spiro atoms. The van der Waals surface area contributed by atoms with Crippen molar-refractivity contribution < 1.29 is 23.9 Å². The summed E-state index contributed by atoms with van der Waals surface area (Å²) in [5.41, 5.74) is 16.0. The Kier molecular flexibility index (Phi) is 27.6. The third kappa shape index (κ3) is 16.4. The van der Waals surface area contributed by atoms with E-state index in [9.17, 15) is 14.4 Å². The van der Waals surface area contributed by atoms with Crippen molar-refractivity contribution in [2.45, 2.75) is 287 Å². The monoisotopic (exact) mass is 1210 g/mol. The van der Waals surface area contributed by atoms with Gasteiger partial charge in [0.05, 0.1) is 25.7 Å². The normalized spacial score (nSPS) is 34.7. The number of ether oxygens (including phenoxy) is 2. The highest BCUT2D eigenvalue weighted by molar-refractivity contribution is 5.92. The van der Waals surface area contributed by atoms with Crippen molar-refractivity contribution in [1.29, 1.82) is 0 Å². The van der Waals surface area contributed by atoms with Crippen LogP contribution in [-0.2, 0) is 23.9 Å². The number of unbranched alkanes of at least 4 members (excludes halogenated alkanes) is 2. The molecule has 11 atom stereocenters. The van der Waals surface area contributed by atoms with Crippen molar-refractivity contribution >= 4 is 42.2 Å². The third-order valence-corrected chi connectivity index (χ3v) is 24.4. The minimum Gasteiger partial charge on any atom is -0.501 e. The molecule has 0 aliphatic heterocycles. The Labute approximate surface area is 532 Å². The van der Waals surface area contributed by atoms with Crippen LogP contribution in [0.3, 0.4) is 0 Å². The van der Waals surface area contributed by atoms with Gasteiger partial charge in [0.25, 0.3) is 0 Å². The summed E-state index contributed by atoms with van der Waals surface area (Å²) in [6.45, 7) is 9.79. The van der Waals surface area contributed by atoms with Gasteiger partial charge in [0.1, 0.15) is 0 Å². The molecular formula is C78H120Cl2O5. The SMILES string of the molecule is C.C.CCC/C=C1/CCC2C3CCC4=C(CC=C(OC)C4)C3CC[C@]12C.CCC/C=C1/CCC2C3CCC4=CC(=O)CC[C@@H]4C3CC[C@]12C.COC1=CCC2=C(CCCC2)C1.Cl.Cl.O=C1C=C2CCCC[C@H]2CC1.O=C1C=C2CCCC[C@H]2CC1. The second-order valence-electron chi connectivity index (χ2n) is 28.6. The Balaban J connectivity index is 0.000000175. The van der Waals surface area contributed by atoms with Crippen LogP contribution in [0.15, 0.2) is 104 Å². The first kappa shape index (κ1) is 70.9. The predicted octanol–water partition coefficient (Wildman–Crippen LogP) is 22.7. The Bertz CT molecular complexity index is 2530. The zero-order valence-corrected chi connectivity index (χ0v) is 54.6. The Morgan fingerprint density at radius 1 is 0.459 bits per heavy atom. The number of hydrogen-bond donors (Lipinski definition) is 0. The maximum absolute atomic E-state index is 11.8. The van der Waals surface area contributed by atoms with Gasteiger partial charge in [-0.25, -0.2) is 0 Å². The molecule has 0 aromatic carbocycles. The maximum Gasteiger partial charge on any atom is 0.155 e. The Morgan fingerprint density at radius 2 is 0.953 bits per heavy atom. The van der Waals surface area contributed by atoms with Crippen LogP contribution in [0.2, 0.25) is 0 Å². The van der Waals surface area contributed by atoms with Crippen LogP contribution in [0, 0.1) is 64.1 Å². The molecule has 0 aromatic heterocycles. The van der Waals surface area contributed by atoms with E-state index in [0.717, 1.165) is 111 Å². The highest BCUT2D eigenvalue weighted by Gasteiger charge is 2.55. The van der Waals surface area contributed by atoms with Gasteiger partial charge in [0.2, 0.25) is 0 Å². The Hall–Kier alpha value is -3.15. The minimum absolute atomic E-state index is 0. The number of carbonyl (C=O) groups excluding carboxylic acids is 3. The molecule has 7 fully saturated rings. The van der Waals surface area contributed by atoms with E-state index in [1.807, 2.05) is 36.5 Å². The van der Waals surface area contributed by atoms with Crippen LogP contribution in [-0.4, -0.2) is 31.6 Å². The van der Waals surface area contributed by atoms with Gasteiger partial charge in [-0.2, -0.15) is 0 Å². The number of rotatable bonds is 6. The molecule has 5 nitrogen and oxygen atoms in total. The molecule has 476 valence electrons. The molecule has 0 N–H and O–H groups in total. The summed E-state index contributed by atoms with van der Waals surface area (Å²) in [6, 6.07) is 0. The third-order valence-electron chi connectivity index (χ3n) is 24.4. The molecule has 0 saturated heterocycles. The molecule has 6 unspecified atom stereocenters. The fraction of sp³-hybridized carbons (Fsp3) is 0.731. The lowest BCUT2D eigenvalue weighted by molar-refractivity contribution is -0.116. The molecule has 0 amide bonds. The summed E-state index contributed by atoms with van der Waals surface area (Å²) in [6.07, 6.45) is 63.5. The van der Waals surface area contributed by atoms with Crippen molar-refractivity contribution in [3.8, 4) is 0 Å². The molecule has 85 heavy (non-hydrogen) atoms. The smallest absolute Gasteiger partial charge is 0.155 e. The van der Waals surface area contributed by atoms with Crippen LogP contribution in [0.25, 0.3) is 0 Å². The van der Waals surface area contributed by atoms with Gasteiger partial charge < -0.3 is 9.47 Å². The van der Waals surface area contributed by atoms with E-state index < -0.39 is 0 Å². The molecule has 14 rings (SSSR count). The van der Waals surface area contributed by atoms with Crippen LogP contribution in [0.4, 0.5) is 0 Å². The highest BCUT2D eigenvalue weighted by Crippen LogP contribution is 2.65. The van der Waals surface area contributed by atoms with E-state index in [0.29, 0.717) is 28.2 Å². The van der Waals surface area contributed by atoms with Crippen LogP contribution < -0.4 is 0 Å². The van der Waals surface area contributed by atoms with E-state index in [2.05, 4.69) is 52.0 Å². The molecule has 0 heterocycles. The summed E-state index contributed by atoms with van der Waals surface area (Å²) in [5.74, 6) is 11.3. The first-order valence-electron chi connectivity index (χ1n) is 34.4. The number of halogens is 2. The molecule has 0 aromatic rings. The van der Waals surface area contributed by atoms with Gasteiger partial charge in [-0.15, -0.1) is 24.8 Å². The highest BCUT2D eigenvalue weighted by atomic mass is 35.5. The van der Waals surface area contributed by atoms with Gasteiger partial charge in [-0.05, 0) is 281 Å². The van der Waals surface area contributed by atoms with Crippen molar-refractivity contribution in [2.75, 3.05) is 14.2 Å². The molecule has 14 aliphatic rings. The molecule has 14 aliphatic carbocycles. The maximum atomic E-state index is 11.8. The van der Waals surface area contributed by atoms with Crippen LogP contribution in [0.5, 0.6) is 0 Å². The van der Waals surface area contributed by atoms with Crippen molar-refractivity contribution in [3.05, 3.63) is 104 Å². The average molecular weight is 1210 g/mol.